The molecular weight excluding hydrogens is 408 g/mol. The Morgan fingerprint density at radius 1 is 1.10 bits per heavy atom. The third kappa shape index (κ3) is 4.62. The van der Waals surface area contributed by atoms with Gasteiger partial charge in [0.15, 0.2) is 0 Å². The summed E-state index contributed by atoms with van der Waals surface area (Å²) < 4.78 is 29.8. The van der Waals surface area contributed by atoms with Gasteiger partial charge < -0.3 is 4.57 Å². The molecule has 0 unspecified atom stereocenters. The number of benzene rings is 2. The van der Waals surface area contributed by atoms with E-state index in [1.54, 1.807) is 24.3 Å². The fourth-order valence-electron chi connectivity index (χ4n) is 3.76. The van der Waals surface area contributed by atoms with E-state index in [-0.39, 0.29) is 5.75 Å². The summed E-state index contributed by atoms with van der Waals surface area (Å²) >= 11 is 5.86. The van der Waals surface area contributed by atoms with Gasteiger partial charge in [-0.15, -0.1) is 10.2 Å². The van der Waals surface area contributed by atoms with Gasteiger partial charge in [0.1, 0.15) is 11.6 Å². The van der Waals surface area contributed by atoms with Crippen LogP contribution in [0.1, 0.15) is 42.0 Å². The summed E-state index contributed by atoms with van der Waals surface area (Å²) in [6.07, 6.45) is 2.80. The average Bonchev–Trinajstić information content (AvgIpc) is 3.12. The maximum atomic E-state index is 12.5. The lowest BCUT2D eigenvalue weighted by molar-refractivity contribution is 0.447. The predicted molar refractivity (Wildman–Crippen MR) is 115 cm³/mol. The van der Waals surface area contributed by atoms with E-state index in [1.807, 2.05) is 24.3 Å². The normalized spacial score (nSPS) is 16.4. The van der Waals surface area contributed by atoms with Gasteiger partial charge in [0.25, 0.3) is 0 Å². The number of fused-ring (bicyclic) bond motifs is 1. The second kappa shape index (κ2) is 8.16. The lowest BCUT2D eigenvalue weighted by Crippen LogP contribution is -2.20. The van der Waals surface area contributed by atoms with Crippen LogP contribution >= 0.6 is 11.6 Å². The van der Waals surface area contributed by atoms with Gasteiger partial charge in [-0.3, -0.25) is 4.72 Å². The van der Waals surface area contributed by atoms with Gasteiger partial charge in [-0.2, -0.15) is 0 Å². The zero-order valence-corrected chi connectivity index (χ0v) is 17.7. The Hall–Kier alpha value is -2.38. The van der Waals surface area contributed by atoms with Crippen molar-refractivity contribution in [2.75, 3.05) is 4.72 Å². The van der Waals surface area contributed by atoms with Crippen molar-refractivity contribution in [1.29, 1.82) is 0 Å². The van der Waals surface area contributed by atoms with E-state index in [0.29, 0.717) is 22.2 Å². The smallest absolute Gasteiger partial charge is 0.236 e. The Balaban J connectivity index is 1.43. The van der Waals surface area contributed by atoms with Crippen molar-refractivity contribution in [2.24, 2.45) is 0 Å². The maximum absolute atomic E-state index is 12.5. The molecule has 1 aromatic heterocycles. The topological polar surface area (TPSA) is 76.9 Å². The summed E-state index contributed by atoms with van der Waals surface area (Å²) in [6.45, 7) is 2.96. The third-order valence-electron chi connectivity index (χ3n) is 5.26. The van der Waals surface area contributed by atoms with Crippen LogP contribution in [0.2, 0.25) is 5.02 Å². The van der Waals surface area contributed by atoms with Crippen LogP contribution < -0.4 is 4.72 Å². The molecule has 0 bridgehead atoms. The fourth-order valence-corrected chi connectivity index (χ4v) is 5.08. The SMILES string of the molecule is CCc1nnc2n1C[C@@H](c1ccc(NS(=O)(=O)Cc3ccc(Cl)cc3)cc1)CC2. The molecule has 1 N–H and O–H groups in total. The van der Waals surface area contributed by atoms with Gasteiger partial charge in [0.05, 0.1) is 5.75 Å². The highest BCUT2D eigenvalue weighted by Gasteiger charge is 2.23. The Morgan fingerprint density at radius 2 is 1.83 bits per heavy atom. The summed E-state index contributed by atoms with van der Waals surface area (Å²) in [4.78, 5) is 0. The Morgan fingerprint density at radius 3 is 2.52 bits per heavy atom. The van der Waals surface area contributed by atoms with Crippen LogP contribution in [0.15, 0.2) is 48.5 Å². The summed E-state index contributed by atoms with van der Waals surface area (Å²) in [6, 6.07) is 14.5. The van der Waals surface area contributed by atoms with Crippen molar-refractivity contribution in [1.82, 2.24) is 14.8 Å². The van der Waals surface area contributed by atoms with Gasteiger partial charge in [-0.1, -0.05) is 42.8 Å². The second-order valence-electron chi connectivity index (χ2n) is 7.34. The first-order chi connectivity index (χ1) is 13.9. The highest BCUT2D eigenvalue weighted by molar-refractivity contribution is 7.91. The molecule has 0 saturated heterocycles. The van der Waals surface area contributed by atoms with Crippen LogP contribution in [-0.2, 0) is 35.2 Å². The van der Waals surface area contributed by atoms with E-state index in [0.717, 1.165) is 37.5 Å². The number of halogens is 1. The van der Waals surface area contributed by atoms with Gasteiger partial charge in [-0.25, -0.2) is 8.42 Å². The Kier molecular flexibility index (Phi) is 5.61. The first-order valence-electron chi connectivity index (χ1n) is 9.69. The molecule has 2 aromatic carbocycles. The summed E-state index contributed by atoms with van der Waals surface area (Å²) in [5.41, 5.74) is 2.46. The first-order valence-corrected chi connectivity index (χ1v) is 11.7. The lowest BCUT2D eigenvalue weighted by Gasteiger charge is -2.24. The monoisotopic (exact) mass is 430 g/mol. The number of anilines is 1. The van der Waals surface area contributed by atoms with Crippen molar-refractivity contribution in [3.8, 4) is 0 Å². The molecule has 29 heavy (non-hydrogen) atoms. The number of hydrogen-bond donors (Lipinski definition) is 1. The number of sulfonamides is 1. The van der Waals surface area contributed by atoms with Gasteiger partial charge in [0, 0.05) is 36.0 Å². The third-order valence-corrected chi connectivity index (χ3v) is 6.78. The molecule has 0 spiro atoms. The van der Waals surface area contributed by atoms with Crippen LogP contribution in [0.25, 0.3) is 0 Å². The highest BCUT2D eigenvalue weighted by atomic mass is 35.5. The molecule has 1 atom stereocenters. The average molecular weight is 431 g/mol. The summed E-state index contributed by atoms with van der Waals surface area (Å²) in [5.74, 6) is 2.37. The molecule has 4 rings (SSSR count). The molecule has 6 nitrogen and oxygen atoms in total. The molecule has 1 aliphatic rings. The zero-order chi connectivity index (χ0) is 20.4. The molecule has 8 heteroatoms. The van der Waals surface area contributed by atoms with Gasteiger partial charge >= 0.3 is 0 Å². The highest BCUT2D eigenvalue weighted by Crippen LogP contribution is 2.30. The minimum absolute atomic E-state index is 0.0925. The van der Waals surface area contributed by atoms with Crippen LogP contribution in [0, 0.1) is 0 Å². The number of nitrogens with zero attached hydrogens (tertiary/aromatic N) is 3. The van der Waals surface area contributed by atoms with Crippen LogP contribution in [-0.4, -0.2) is 23.2 Å². The van der Waals surface area contributed by atoms with E-state index < -0.39 is 10.0 Å². The second-order valence-corrected chi connectivity index (χ2v) is 9.50. The first kappa shape index (κ1) is 19.9. The van der Waals surface area contributed by atoms with Crippen LogP contribution in [0.5, 0.6) is 0 Å². The minimum Gasteiger partial charge on any atom is -0.314 e. The number of hydrogen-bond acceptors (Lipinski definition) is 4. The molecule has 0 amide bonds. The van der Waals surface area contributed by atoms with Gasteiger partial charge in [0.2, 0.25) is 10.0 Å². The molecule has 1 aliphatic heterocycles. The Labute approximate surface area is 176 Å². The molecule has 152 valence electrons. The van der Waals surface area contributed by atoms with Crippen molar-refractivity contribution >= 4 is 27.3 Å². The lowest BCUT2D eigenvalue weighted by atomic mass is 9.91. The molecule has 2 heterocycles. The molecular formula is C21H23ClN4O2S. The predicted octanol–water partition coefficient (Wildman–Crippen LogP) is 4.17. The number of aromatic nitrogens is 3. The van der Waals surface area contributed by atoms with E-state index in [2.05, 4.69) is 26.4 Å². The Bertz CT molecular complexity index is 1080. The summed E-state index contributed by atoms with van der Waals surface area (Å²) in [5, 5.41) is 9.13. The molecule has 3 aromatic rings. The standard InChI is InChI=1S/C21H23ClN4O2S/c1-2-20-23-24-21-12-7-17(13-26(20)21)16-5-10-19(11-6-16)25-29(27,28)14-15-3-8-18(22)9-4-15/h3-6,8-11,17,25H,2,7,12-14H2,1H3/t17-/m0/s1. The number of aryl methyl sites for hydroxylation is 2. The van der Waals surface area contributed by atoms with E-state index in [1.165, 1.54) is 5.56 Å². The van der Waals surface area contributed by atoms with Crippen molar-refractivity contribution in [3.63, 3.8) is 0 Å². The molecule has 0 radical (unpaired) electrons. The van der Waals surface area contributed by atoms with Crippen molar-refractivity contribution in [2.45, 2.75) is 44.4 Å². The number of nitrogens with one attached hydrogen (secondary N) is 1. The van der Waals surface area contributed by atoms with Crippen molar-refractivity contribution in [3.05, 3.63) is 76.3 Å². The fraction of sp³-hybridized carbons (Fsp3) is 0.333. The largest absolute Gasteiger partial charge is 0.314 e. The van der Waals surface area contributed by atoms with Crippen LogP contribution in [0.4, 0.5) is 5.69 Å². The number of rotatable bonds is 6. The molecule has 0 fully saturated rings. The molecule has 0 saturated carbocycles. The molecule has 0 aliphatic carbocycles. The van der Waals surface area contributed by atoms with E-state index >= 15 is 0 Å². The minimum atomic E-state index is -3.49. The van der Waals surface area contributed by atoms with E-state index in [4.69, 9.17) is 11.6 Å². The summed E-state index contributed by atoms with van der Waals surface area (Å²) in [7, 11) is -3.49. The zero-order valence-electron chi connectivity index (χ0n) is 16.2. The van der Waals surface area contributed by atoms with Gasteiger partial charge in [-0.05, 0) is 41.8 Å². The van der Waals surface area contributed by atoms with Crippen LogP contribution in [0.3, 0.4) is 0 Å². The maximum Gasteiger partial charge on any atom is 0.236 e. The quantitative estimate of drug-likeness (QED) is 0.636. The van der Waals surface area contributed by atoms with E-state index in [9.17, 15) is 8.42 Å². The van der Waals surface area contributed by atoms with Crippen molar-refractivity contribution < 1.29 is 8.42 Å².